The lowest BCUT2D eigenvalue weighted by atomic mass is 9.97. The molecule has 0 spiro atoms. The predicted molar refractivity (Wildman–Crippen MR) is 74.7 cm³/mol. The summed E-state index contributed by atoms with van der Waals surface area (Å²) in [6, 6.07) is 2.19. The van der Waals surface area contributed by atoms with Gasteiger partial charge in [-0.05, 0) is 23.8 Å². The van der Waals surface area contributed by atoms with Crippen molar-refractivity contribution >= 4 is 34.8 Å². The average molecular weight is 395 g/mol. The molecular formula is C13H4Cl3F6N. The molecule has 2 aromatic rings. The van der Waals surface area contributed by atoms with E-state index in [4.69, 9.17) is 34.8 Å². The molecule has 1 aromatic heterocycles. The molecule has 0 fully saturated rings. The van der Waals surface area contributed by atoms with Crippen molar-refractivity contribution in [3.63, 3.8) is 0 Å². The van der Waals surface area contributed by atoms with Crippen molar-refractivity contribution in [2.45, 2.75) is 12.4 Å². The topological polar surface area (TPSA) is 12.9 Å². The molecule has 0 aliphatic heterocycles. The summed E-state index contributed by atoms with van der Waals surface area (Å²) in [6.07, 6.45) is -9.69. The van der Waals surface area contributed by atoms with E-state index < -0.39 is 34.7 Å². The zero-order chi connectivity index (χ0) is 17.6. The van der Waals surface area contributed by atoms with Gasteiger partial charge < -0.3 is 0 Å². The molecule has 2 rings (SSSR count). The molecule has 1 heterocycles. The summed E-state index contributed by atoms with van der Waals surface area (Å²) >= 11 is 17.1. The highest BCUT2D eigenvalue weighted by Crippen LogP contribution is 2.45. The third kappa shape index (κ3) is 3.67. The summed E-state index contributed by atoms with van der Waals surface area (Å²) in [7, 11) is 0. The Bertz CT molecular complexity index is 699. The first-order valence-corrected chi connectivity index (χ1v) is 6.84. The fourth-order valence-electron chi connectivity index (χ4n) is 1.91. The van der Waals surface area contributed by atoms with E-state index in [1.54, 1.807) is 0 Å². The van der Waals surface area contributed by atoms with Crippen LogP contribution in [0.4, 0.5) is 26.3 Å². The minimum absolute atomic E-state index is 0.178. The number of nitrogens with zero attached hydrogens (tertiary/aromatic N) is 1. The van der Waals surface area contributed by atoms with Gasteiger partial charge in [0, 0.05) is 11.8 Å². The minimum Gasteiger partial charge on any atom is -0.251 e. The second-order valence-electron chi connectivity index (χ2n) is 4.33. The molecule has 0 saturated heterocycles. The Morgan fingerprint density at radius 2 is 1.35 bits per heavy atom. The molecule has 1 aromatic carbocycles. The third-order valence-electron chi connectivity index (χ3n) is 2.80. The number of rotatable bonds is 1. The fraction of sp³-hybridized carbons (Fsp3) is 0.154. The smallest absolute Gasteiger partial charge is 0.251 e. The number of halogens is 9. The first kappa shape index (κ1) is 18.2. The van der Waals surface area contributed by atoms with Gasteiger partial charge >= 0.3 is 12.4 Å². The van der Waals surface area contributed by atoms with E-state index in [-0.39, 0.29) is 15.1 Å². The largest absolute Gasteiger partial charge is 0.433 e. The van der Waals surface area contributed by atoms with Gasteiger partial charge in [-0.15, -0.1) is 0 Å². The Morgan fingerprint density at radius 3 is 1.78 bits per heavy atom. The molecule has 10 heteroatoms. The first-order valence-electron chi connectivity index (χ1n) is 5.71. The summed E-state index contributed by atoms with van der Waals surface area (Å²) in [5.41, 5.74) is -4.85. The van der Waals surface area contributed by atoms with Gasteiger partial charge in [-0.1, -0.05) is 34.8 Å². The summed E-state index contributed by atoms with van der Waals surface area (Å²) < 4.78 is 78.5. The Balaban J connectivity index is 2.89. The number of hydrogen-bond acceptors (Lipinski definition) is 1. The van der Waals surface area contributed by atoms with Gasteiger partial charge in [0.25, 0.3) is 0 Å². The second-order valence-corrected chi connectivity index (χ2v) is 5.52. The van der Waals surface area contributed by atoms with Gasteiger partial charge in [0.05, 0.1) is 20.6 Å². The van der Waals surface area contributed by atoms with E-state index in [0.29, 0.717) is 12.3 Å². The van der Waals surface area contributed by atoms with Crippen LogP contribution in [0.2, 0.25) is 15.1 Å². The molecule has 23 heavy (non-hydrogen) atoms. The molecule has 0 saturated carbocycles. The van der Waals surface area contributed by atoms with Crippen molar-refractivity contribution in [3.05, 3.63) is 50.7 Å². The van der Waals surface area contributed by atoms with Crippen molar-refractivity contribution < 1.29 is 26.3 Å². The van der Waals surface area contributed by atoms with Crippen LogP contribution in [-0.2, 0) is 12.4 Å². The van der Waals surface area contributed by atoms with Gasteiger partial charge in [0.1, 0.15) is 0 Å². The SMILES string of the molecule is FC(F)(F)c1ccnc(C(F)(F)F)c1-c1cc(Cl)c(Cl)c(Cl)c1. The van der Waals surface area contributed by atoms with E-state index >= 15 is 0 Å². The molecule has 0 amide bonds. The van der Waals surface area contributed by atoms with Crippen LogP contribution in [0.25, 0.3) is 11.1 Å². The molecule has 0 bridgehead atoms. The minimum atomic E-state index is -5.10. The van der Waals surface area contributed by atoms with Crippen LogP contribution in [0, 0.1) is 0 Å². The molecule has 124 valence electrons. The van der Waals surface area contributed by atoms with Crippen LogP contribution in [0.5, 0.6) is 0 Å². The maximum Gasteiger partial charge on any atom is 0.433 e. The summed E-state index contributed by atoms with van der Waals surface area (Å²) in [6.45, 7) is 0. The molecule has 0 radical (unpaired) electrons. The van der Waals surface area contributed by atoms with Crippen LogP contribution >= 0.6 is 34.8 Å². The summed E-state index contributed by atoms with van der Waals surface area (Å²) in [5, 5.41) is -0.735. The van der Waals surface area contributed by atoms with E-state index in [1.807, 2.05) is 0 Å². The molecule has 0 aliphatic carbocycles. The van der Waals surface area contributed by atoms with Crippen molar-refractivity contribution in [3.8, 4) is 11.1 Å². The maximum atomic E-state index is 13.1. The fourth-order valence-corrected chi connectivity index (χ4v) is 2.50. The zero-order valence-corrected chi connectivity index (χ0v) is 12.9. The molecule has 0 atom stereocenters. The second kappa shape index (κ2) is 6.03. The van der Waals surface area contributed by atoms with E-state index in [2.05, 4.69) is 4.98 Å². The highest BCUT2D eigenvalue weighted by molar-refractivity contribution is 6.48. The quantitative estimate of drug-likeness (QED) is 0.385. The van der Waals surface area contributed by atoms with Crippen LogP contribution in [0.15, 0.2) is 24.4 Å². The predicted octanol–water partition coefficient (Wildman–Crippen LogP) is 6.75. The number of alkyl halides is 6. The lowest BCUT2D eigenvalue weighted by Gasteiger charge is -2.18. The molecule has 0 N–H and O–H groups in total. The molecule has 0 unspecified atom stereocenters. The number of benzene rings is 1. The lowest BCUT2D eigenvalue weighted by Crippen LogP contribution is -2.16. The Labute approximate surface area is 140 Å². The normalized spacial score (nSPS) is 12.6. The standard InChI is InChI=1S/C13H4Cl3F6N/c14-7-3-5(4-8(15)10(7)16)9-6(12(17,18)19)1-2-23-11(9)13(20,21)22/h1-4H. The molecule has 0 aliphatic rings. The van der Waals surface area contributed by atoms with E-state index in [9.17, 15) is 26.3 Å². The lowest BCUT2D eigenvalue weighted by molar-refractivity contribution is -0.144. The van der Waals surface area contributed by atoms with Gasteiger partial charge in [-0.3, -0.25) is 4.98 Å². The Hall–Kier alpha value is -1.18. The molecule has 1 nitrogen and oxygen atoms in total. The Kier molecular flexibility index (Phi) is 4.76. The van der Waals surface area contributed by atoms with Gasteiger partial charge in [-0.25, -0.2) is 0 Å². The molecular weight excluding hydrogens is 390 g/mol. The van der Waals surface area contributed by atoms with Gasteiger partial charge in [0.15, 0.2) is 5.69 Å². The van der Waals surface area contributed by atoms with E-state index in [0.717, 1.165) is 12.1 Å². The van der Waals surface area contributed by atoms with Crippen molar-refractivity contribution in [2.75, 3.05) is 0 Å². The zero-order valence-electron chi connectivity index (χ0n) is 10.7. The number of pyridine rings is 1. The summed E-state index contributed by atoms with van der Waals surface area (Å²) in [5.74, 6) is 0. The van der Waals surface area contributed by atoms with Crippen LogP contribution < -0.4 is 0 Å². The van der Waals surface area contributed by atoms with Crippen molar-refractivity contribution in [1.82, 2.24) is 4.98 Å². The maximum absolute atomic E-state index is 13.1. The van der Waals surface area contributed by atoms with Crippen LogP contribution in [-0.4, -0.2) is 4.98 Å². The number of aromatic nitrogens is 1. The Morgan fingerprint density at radius 1 is 0.826 bits per heavy atom. The van der Waals surface area contributed by atoms with Crippen LogP contribution in [0.3, 0.4) is 0 Å². The van der Waals surface area contributed by atoms with Gasteiger partial charge in [-0.2, -0.15) is 26.3 Å². The first-order chi connectivity index (χ1) is 10.4. The highest BCUT2D eigenvalue weighted by Gasteiger charge is 2.42. The summed E-state index contributed by atoms with van der Waals surface area (Å²) in [4.78, 5) is 3.04. The van der Waals surface area contributed by atoms with E-state index in [1.165, 1.54) is 0 Å². The monoisotopic (exact) mass is 393 g/mol. The van der Waals surface area contributed by atoms with Crippen molar-refractivity contribution in [1.29, 1.82) is 0 Å². The average Bonchev–Trinajstić information content (AvgIpc) is 2.41. The van der Waals surface area contributed by atoms with Crippen LogP contribution in [0.1, 0.15) is 11.3 Å². The highest BCUT2D eigenvalue weighted by atomic mass is 35.5. The number of hydrogen-bond donors (Lipinski definition) is 0. The third-order valence-corrected chi connectivity index (χ3v) is 3.99. The van der Waals surface area contributed by atoms with Gasteiger partial charge in [0.2, 0.25) is 0 Å². The van der Waals surface area contributed by atoms with Crippen molar-refractivity contribution in [2.24, 2.45) is 0 Å².